The average Bonchev–Trinajstić information content (AvgIpc) is 3.54. The summed E-state index contributed by atoms with van der Waals surface area (Å²) in [5.74, 6) is 0. The van der Waals surface area contributed by atoms with Crippen molar-refractivity contribution >= 4 is 33.6 Å². The van der Waals surface area contributed by atoms with Crippen molar-refractivity contribution in [3.05, 3.63) is 73.2 Å². The molecule has 2 aromatic carbocycles. The normalized spacial score (nSPS) is 15.0. The van der Waals surface area contributed by atoms with Crippen LogP contribution in [0.5, 0.6) is 0 Å². The van der Waals surface area contributed by atoms with E-state index in [1.807, 2.05) is 10.7 Å². The van der Waals surface area contributed by atoms with E-state index in [0.29, 0.717) is 6.04 Å². The molecule has 3 aromatic heterocycles. The largest absolute Gasteiger partial charge is 0.369 e. The average molecular weight is 452 g/mol. The topological polar surface area (TPSA) is 64.5 Å². The molecular weight excluding hydrogens is 422 g/mol. The first-order chi connectivity index (χ1) is 16.7. The number of H-pyrrole nitrogens is 1. The minimum Gasteiger partial charge on any atom is -0.369 e. The van der Waals surface area contributed by atoms with Gasteiger partial charge in [-0.15, -0.1) is 0 Å². The van der Waals surface area contributed by atoms with E-state index in [9.17, 15) is 0 Å². The summed E-state index contributed by atoms with van der Waals surface area (Å²) in [4.78, 5) is 12.8. The van der Waals surface area contributed by atoms with Gasteiger partial charge in [0.2, 0.25) is 0 Å². The number of hydrogen-bond donors (Lipinski definition) is 2. The molecule has 5 aromatic rings. The molecule has 1 fully saturated rings. The molecule has 7 heteroatoms. The number of aromatic nitrogens is 4. The van der Waals surface area contributed by atoms with Gasteiger partial charge in [-0.2, -0.15) is 5.10 Å². The van der Waals surface area contributed by atoms with Gasteiger partial charge in [0.15, 0.2) is 5.65 Å². The Balaban J connectivity index is 1.22. The van der Waals surface area contributed by atoms with Crippen LogP contribution < -0.4 is 10.2 Å². The van der Waals surface area contributed by atoms with Crippen LogP contribution in [0.2, 0.25) is 0 Å². The maximum atomic E-state index is 4.54. The fourth-order valence-electron chi connectivity index (χ4n) is 4.85. The van der Waals surface area contributed by atoms with E-state index in [1.54, 1.807) is 6.33 Å². The number of hydrogen-bond acceptors (Lipinski definition) is 5. The van der Waals surface area contributed by atoms with Crippen molar-refractivity contribution in [1.29, 1.82) is 0 Å². The highest BCUT2D eigenvalue weighted by Gasteiger charge is 2.19. The van der Waals surface area contributed by atoms with Gasteiger partial charge >= 0.3 is 0 Å². The van der Waals surface area contributed by atoms with Crippen LogP contribution in [0.3, 0.4) is 0 Å². The van der Waals surface area contributed by atoms with Crippen molar-refractivity contribution in [3.63, 3.8) is 0 Å². The number of nitrogens with zero attached hydrogens (tertiary/aromatic N) is 5. The standard InChI is InChI=1S/C27H29N7/c1-19(2)32-13-15-33(16-14-32)23-6-4-22(5-7-23)31-25-9-10-26(34-27(25)29-18-30-34)21-3-8-24-20(17-21)11-12-28-24/h3-12,17-19,28,31H,13-16H2,1-2H3. The minimum atomic E-state index is 0.616. The second-order valence-electron chi connectivity index (χ2n) is 9.20. The summed E-state index contributed by atoms with van der Waals surface area (Å²) in [6, 6.07) is 22.0. The second kappa shape index (κ2) is 8.50. The highest BCUT2D eigenvalue weighted by atomic mass is 15.3. The molecule has 172 valence electrons. The summed E-state index contributed by atoms with van der Waals surface area (Å²) in [7, 11) is 0. The van der Waals surface area contributed by atoms with Gasteiger partial charge in [-0.05, 0) is 68.4 Å². The van der Waals surface area contributed by atoms with E-state index < -0.39 is 0 Å². The lowest BCUT2D eigenvalue weighted by molar-refractivity contribution is 0.209. The number of nitrogens with one attached hydrogen (secondary N) is 2. The summed E-state index contributed by atoms with van der Waals surface area (Å²) in [6.07, 6.45) is 3.57. The molecule has 34 heavy (non-hydrogen) atoms. The lowest BCUT2D eigenvalue weighted by Gasteiger charge is -2.38. The predicted molar refractivity (Wildman–Crippen MR) is 139 cm³/mol. The monoisotopic (exact) mass is 451 g/mol. The maximum absolute atomic E-state index is 4.54. The summed E-state index contributed by atoms with van der Waals surface area (Å²) in [6.45, 7) is 8.92. The molecule has 2 N–H and O–H groups in total. The van der Waals surface area contributed by atoms with Crippen molar-refractivity contribution in [2.24, 2.45) is 0 Å². The Bertz CT molecular complexity index is 1420. The molecule has 0 spiro atoms. The Morgan fingerprint density at radius 3 is 2.53 bits per heavy atom. The highest BCUT2D eigenvalue weighted by molar-refractivity contribution is 5.85. The van der Waals surface area contributed by atoms with Crippen LogP contribution in [-0.4, -0.2) is 56.7 Å². The Hall–Kier alpha value is -3.84. The highest BCUT2D eigenvalue weighted by Crippen LogP contribution is 2.29. The predicted octanol–water partition coefficient (Wildman–Crippen LogP) is 5.15. The SMILES string of the molecule is CC(C)N1CCN(c2ccc(Nc3ccc(-c4ccc5[nH]ccc5c4)n4ncnc34)cc2)CC1. The number of pyridine rings is 1. The lowest BCUT2D eigenvalue weighted by Crippen LogP contribution is -2.48. The molecule has 0 radical (unpaired) electrons. The van der Waals surface area contributed by atoms with E-state index >= 15 is 0 Å². The van der Waals surface area contributed by atoms with Crippen molar-refractivity contribution in [1.82, 2.24) is 24.5 Å². The van der Waals surface area contributed by atoms with Gasteiger partial charge < -0.3 is 15.2 Å². The van der Waals surface area contributed by atoms with E-state index in [0.717, 1.165) is 60.0 Å². The number of benzene rings is 2. The zero-order valence-electron chi connectivity index (χ0n) is 19.6. The molecule has 0 atom stereocenters. The van der Waals surface area contributed by atoms with Crippen molar-refractivity contribution < 1.29 is 0 Å². The number of fused-ring (bicyclic) bond motifs is 2. The third-order valence-electron chi connectivity index (χ3n) is 6.83. The Labute approximate surface area is 199 Å². The smallest absolute Gasteiger partial charge is 0.179 e. The van der Waals surface area contributed by atoms with E-state index in [4.69, 9.17) is 0 Å². The molecule has 0 bridgehead atoms. The van der Waals surface area contributed by atoms with Gasteiger partial charge in [0.25, 0.3) is 0 Å². The van der Waals surface area contributed by atoms with E-state index in [-0.39, 0.29) is 0 Å². The fraction of sp³-hybridized carbons (Fsp3) is 0.259. The number of piperazine rings is 1. The molecule has 0 saturated carbocycles. The zero-order valence-corrected chi connectivity index (χ0v) is 19.6. The van der Waals surface area contributed by atoms with Crippen molar-refractivity contribution in [2.45, 2.75) is 19.9 Å². The van der Waals surface area contributed by atoms with E-state index in [2.05, 4.69) is 105 Å². The Morgan fingerprint density at radius 2 is 1.74 bits per heavy atom. The molecule has 7 nitrogen and oxygen atoms in total. The van der Waals surface area contributed by atoms with Crippen LogP contribution in [0.25, 0.3) is 27.8 Å². The molecule has 1 aliphatic heterocycles. The molecule has 6 rings (SSSR count). The minimum absolute atomic E-state index is 0.616. The first-order valence-corrected chi connectivity index (χ1v) is 11.9. The molecule has 4 heterocycles. The van der Waals surface area contributed by atoms with Crippen LogP contribution in [0.15, 0.2) is 73.2 Å². The van der Waals surface area contributed by atoms with Crippen LogP contribution in [0.4, 0.5) is 17.1 Å². The fourth-order valence-corrected chi connectivity index (χ4v) is 4.85. The van der Waals surface area contributed by atoms with Crippen LogP contribution in [0, 0.1) is 0 Å². The summed E-state index contributed by atoms with van der Waals surface area (Å²) in [5.41, 5.74) is 7.30. The maximum Gasteiger partial charge on any atom is 0.179 e. The quantitative estimate of drug-likeness (QED) is 0.387. The molecule has 0 unspecified atom stereocenters. The van der Waals surface area contributed by atoms with Gasteiger partial charge in [-0.25, -0.2) is 9.50 Å². The summed E-state index contributed by atoms with van der Waals surface area (Å²) < 4.78 is 1.90. The summed E-state index contributed by atoms with van der Waals surface area (Å²) in [5, 5.41) is 9.22. The van der Waals surface area contributed by atoms with Gasteiger partial charge in [0.1, 0.15) is 6.33 Å². The van der Waals surface area contributed by atoms with Crippen LogP contribution in [-0.2, 0) is 0 Å². The number of anilines is 3. The third kappa shape index (κ3) is 3.78. The second-order valence-corrected chi connectivity index (χ2v) is 9.20. The van der Waals surface area contributed by atoms with Gasteiger partial charge in [0, 0.05) is 66.3 Å². The zero-order chi connectivity index (χ0) is 23.1. The molecule has 1 aliphatic rings. The first-order valence-electron chi connectivity index (χ1n) is 11.9. The summed E-state index contributed by atoms with van der Waals surface area (Å²) >= 11 is 0. The van der Waals surface area contributed by atoms with Crippen molar-refractivity contribution in [2.75, 3.05) is 36.4 Å². The lowest BCUT2D eigenvalue weighted by atomic mass is 10.1. The molecule has 0 amide bonds. The van der Waals surface area contributed by atoms with E-state index in [1.165, 1.54) is 11.1 Å². The van der Waals surface area contributed by atoms with Gasteiger partial charge in [0.05, 0.1) is 11.4 Å². The first kappa shape index (κ1) is 20.7. The molecule has 0 aliphatic carbocycles. The third-order valence-corrected chi connectivity index (χ3v) is 6.83. The van der Waals surface area contributed by atoms with Gasteiger partial charge in [-0.1, -0.05) is 6.07 Å². The van der Waals surface area contributed by atoms with Crippen LogP contribution >= 0.6 is 0 Å². The van der Waals surface area contributed by atoms with Crippen LogP contribution in [0.1, 0.15) is 13.8 Å². The molecule has 1 saturated heterocycles. The van der Waals surface area contributed by atoms with Gasteiger partial charge in [-0.3, -0.25) is 4.90 Å². The molecular formula is C27H29N7. The number of aromatic amines is 1. The Morgan fingerprint density at radius 1 is 0.912 bits per heavy atom. The number of rotatable bonds is 5. The Kier molecular flexibility index (Phi) is 5.19. The van der Waals surface area contributed by atoms with Crippen molar-refractivity contribution in [3.8, 4) is 11.3 Å².